The second kappa shape index (κ2) is 6.29. The molecule has 0 saturated heterocycles. The van der Waals surface area contributed by atoms with Crippen LogP contribution in [0, 0.1) is 0 Å². The van der Waals surface area contributed by atoms with Gasteiger partial charge in [-0.3, -0.25) is 4.98 Å². The van der Waals surface area contributed by atoms with Crippen molar-refractivity contribution in [1.29, 1.82) is 0 Å². The molecule has 0 aliphatic heterocycles. The molecule has 1 atom stereocenters. The van der Waals surface area contributed by atoms with Crippen LogP contribution in [0.5, 0.6) is 0 Å². The van der Waals surface area contributed by atoms with Gasteiger partial charge in [0.15, 0.2) is 9.84 Å². The molecule has 3 rings (SSSR count). The van der Waals surface area contributed by atoms with Gasteiger partial charge in [-0.15, -0.1) is 0 Å². The number of aromatic nitrogens is 3. The zero-order chi connectivity index (χ0) is 16.3. The highest BCUT2D eigenvalue weighted by Gasteiger charge is 2.29. The van der Waals surface area contributed by atoms with Gasteiger partial charge in [-0.25, -0.2) is 8.42 Å². The Morgan fingerprint density at radius 2 is 1.78 bits per heavy atom. The van der Waals surface area contributed by atoms with Crippen LogP contribution < -0.4 is 0 Å². The van der Waals surface area contributed by atoms with Crippen molar-refractivity contribution >= 4 is 9.84 Å². The molecule has 1 aromatic carbocycles. The van der Waals surface area contributed by atoms with Crippen LogP contribution in [0.2, 0.25) is 0 Å². The minimum absolute atomic E-state index is 0.100. The molecule has 7 heteroatoms. The molecule has 118 valence electrons. The Hall–Kier alpha value is -2.54. The Kier molecular flexibility index (Phi) is 4.20. The highest BCUT2D eigenvalue weighted by molar-refractivity contribution is 7.90. The molecule has 23 heavy (non-hydrogen) atoms. The molecule has 0 aliphatic carbocycles. The predicted octanol–water partition coefficient (Wildman–Crippen LogP) is 2.46. The van der Waals surface area contributed by atoms with E-state index in [4.69, 9.17) is 4.52 Å². The van der Waals surface area contributed by atoms with Gasteiger partial charge in [0.2, 0.25) is 11.7 Å². The number of rotatable bonds is 5. The van der Waals surface area contributed by atoms with Crippen molar-refractivity contribution in [1.82, 2.24) is 15.1 Å². The van der Waals surface area contributed by atoms with E-state index < -0.39 is 15.1 Å². The molecular weight excluding hydrogens is 314 g/mol. The summed E-state index contributed by atoms with van der Waals surface area (Å²) >= 11 is 0. The van der Waals surface area contributed by atoms with Crippen molar-refractivity contribution in [3.8, 4) is 11.4 Å². The van der Waals surface area contributed by atoms with Crippen molar-refractivity contribution in [2.75, 3.05) is 6.26 Å². The number of nitrogens with zero attached hydrogens (tertiary/aromatic N) is 3. The van der Waals surface area contributed by atoms with E-state index in [2.05, 4.69) is 15.1 Å². The third-order valence-electron chi connectivity index (χ3n) is 3.44. The molecule has 3 aromatic rings. The Labute approximate surface area is 134 Å². The summed E-state index contributed by atoms with van der Waals surface area (Å²) < 4.78 is 29.5. The first-order valence-electron chi connectivity index (χ1n) is 7.01. The Balaban J connectivity index is 1.94. The standard InChI is InChI=1S/C16H15N3O3S/c1-23(20,21)14(11-12-5-3-2-4-6-12)16-18-15(19-22-16)13-7-9-17-10-8-13/h2-10,14H,11H2,1H3. The first-order chi connectivity index (χ1) is 11.0. The van der Waals surface area contributed by atoms with Gasteiger partial charge in [-0.1, -0.05) is 35.5 Å². The Morgan fingerprint density at radius 1 is 1.09 bits per heavy atom. The van der Waals surface area contributed by atoms with Crippen LogP contribution in [0.15, 0.2) is 59.4 Å². The molecule has 0 N–H and O–H groups in total. The maximum absolute atomic E-state index is 12.1. The zero-order valence-corrected chi connectivity index (χ0v) is 13.3. The van der Waals surface area contributed by atoms with Crippen LogP contribution in [0.25, 0.3) is 11.4 Å². The van der Waals surface area contributed by atoms with E-state index in [1.165, 1.54) is 6.26 Å². The van der Waals surface area contributed by atoms with Crippen molar-refractivity contribution in [2.45, 2.75) is 11.7 Å². The highest BCUT2D eigenvalue weighted by Crippen LogP contribution is 2.26. The molecule has 2 heterocycles. The summed E-state index contributed by atoms with van der Waals surface area (Å²) in [5, 5.41) is 3.02. The summed E-state index contributed by atoms with van der Waals surface area (Å²) in [6, 6.07) is 12.8. The van der Waals surface area contributed by atoms with Crippen LogP contribution in [0.4, 0.5) is 0 Å². The van der Waals surface area contributed by atoms with E-state index in [1.807, 2.05) is 30.3 Å². The van der Waals surface area contributed by atoms with Gasteiger partial charge in [0.05, 0.1) is 0 Å². The average Bonchev–Trinajstić information content (AvgIpc) is 3.03. The second-order valence-corrected chi connectivity index (χ2v) is 7.43. The molecule has 0 spiro atoms. The number of pyridine rings is 1. The number of hydrogen-bond donors (Lipinski definition) is 0. The summed E-state index contributed by atoms with van der Waals surface area (Å²) in [5.74, 6) is 0.451. The number of hydrogen-bond acceptors (Lipinski definition) is 6. The fourth-order valence-corrected chi connectivity index (χ4v) is 3.19. The number of sulfone groups is 1. The summed E-state index contributed by atoms with van der Waals surface area (Å²) in [4.78, 5) is 8.18. The van der Waals surface area contributed by atoms with E-state index in [0.717, 1.165) is 11.1 Å². The highest BCUT2D eigenvalue weighted by atomic mass is 32.2. The lowest BCUT2D eigenvalue weighted by molar-refractivity contribution is 0.372. The first kappa shape index (κ1) is 15.4. The van der Waals surface area contributed by atoms with Crippen molar-refractivity contribution in [2.24, 2.45) is 0 Å². The fourth-order valence-electron chi connectivity index (χ4n) is 2.23. The lowest BCUT2D eigenvalue weighted by atomic mass is 10.1. The molecular formula is C16H15N3O3S. The van der Waals surface area contributed by atoms with Gasteiger partial charge >= 0.3 is 0 Å². The van der Waals surface area contributed by atoms with Gasteiger partial charge in [0.25, 0.3) is 0 Å². The van der Waals surface area contributed by atoms with Gasteiger partial charge in [-0.2, -0.15) is 4.98 Å². The fraction of sp³-hybridized carbons (Fsp3) is 0.188. The summed E-state index contributed by atoms with van der Waals surface area (Å²) in [6.45, 7) is 0. The molecule has 0 aliphatic rings. The molecule has 1 unspecified atom stereocenters. The SMILES string of the molecule is CS(=O)(=O)C(Cc1ccccc1)c1nc(-c2ccncc2)no1. The average molecular weight is 329 g/mol. The molecule has 2 aromatic heterocycles. The largest absolute Gasteiger partial charge is 0.338 e. The minimum Gasteiger partial charge on any atom is -0.338 e. The number of benzene rings is 1. The van der Waals surface area contributed by atoms with Gasteiger partial charge < -0.3 is 4.52 Å². The van der Waals surface area contributed by atoms with E-state index >= 15 is 0 Å². The van der Waals surface area contributed by atoms with Crippen molar-refractivity contribution < 1.29 is 12.9 Å². The monoisotopic (exact) mass is 329 g/mol. The van der Waals surface area contributed by atoms with Crippen LogP contribution in [0.1, 0.15) is 16.7 Å². The smallest absolute Gasteiger partial charge is 0.245 e. The normalized spacial score (nSPS) is 12.9. The molecule has 0 amide bonds. The predicted molar refractivity (Wildman–Crippen MR) is 85.3 cm³/mol. The van der Waals surface area contributed by atoms with Crippen LogP contribution in [0.3, 0.4) is 0 Å². The van der Waals surface area contributed by atoms with Gasteiger partial charge in [0.1, 0.15) is 5.25 Å². The summed E-state index contributed by atoms with van der Waals surface area (Å²) in [7, 11) is -3.39. The maximum atomic E-state index is 12.1. The van der Waals surface area contributed by atoms with E-state index in [0.29, 0.717) is 5.82 Å². The van der Waals surface area contributed by atoms with Crippen LogP contribution in [-0.4, -0.2) is 29.8 Å². The quantitative estimate of drug-likeness (QED) is 0.715. The third kappa shape index (κ3) is 3.62. The lowest BCUT2D eigenvalue weighted by Crippen LogP contribution is -2.14. The van der Waals surface area contributed by atoms with E-state index in [9.17, 15) is 8.42 Å². The molecule has 0 fully saturated rings. The first-order valence-corrected chi connectivity index (χ1v) is 8.96. The van der Waals surface area contributed by atoms with Gasteiger partial charge in [-0.05, 0) is 24.1 Å². The molecule has 0 saturated carbocycles. The van der Waals surface area contributed by atoms with Gasteiger partial charge in [0, 0.05) is 24.2 Å². The molecule has 6 nitrogen and oxygen atoms in total. The maximum Gasteiger partial charge on any atom is 0.245 e. The minimum atomic E-state index is -3.39. The lowest BCUT2D eigenvalue weighted by Gasteiger charge is -2.10. The topological polar surface area (TPSA) is 86.0 Å². The van der Waals surface area contributed by atoms with E-state index in [-0.39, 0.29) is 12.3 Å². The van der Waals surface area contributed by atoms with Crippen molar-refractivity contribution in [3.63, 3.8) is 0 Å². The molecule has 0 radical (unpaired) electrons. The van der Waals surface area contributed by atoms with Crippen LogP contribution in [-0.2, 0) is 16.3 Å². The zero-order valence-electron chi connectivity index (χ0n) is 12.5. The summed E-state index contributed by atoms with van der Waals surface area (Å²) in [6.07, 6.45) is 4.70. The van der Waals surface area contributed by atoms with Crippen LogP contribution >= 0.6 is 0 Å². The summed E-state index contributed by atoms with van der Waals surface area (Å²) in [5.41, 5.74) is 1.62. The Morgan fingerprint density at radius 3 is 2.43 bits per heavy atom. The second-order valence-electron chi connectivity index (χ2n) is 5.20. The molecule has 0 bridgehead atoms. The van der Waals surface area contributed by atoms with E-state index in [1.54, 1.807) is 24.5 Å². The Bertz CT molecular complexity index is 877. The third-order valence-corrected chi connectivity index (χ3v) is 4.84. The van der Waals surface area contributed by atoms with Crippen molar-refractivity contribution in [3.05, 3.63) is 66.3 Å².